The number of urea groups is 1. The van der Waals surface area contributed by atoms with Gasteiger partial charge in [0.05, 0.1) is 11.5 Å². The Labute approximate surface area is 141 Å². The number of hydrogen-bond donors (Lipinski definition) is 1. The van der Waals surface area contributed by atoms with Crippen LogP contribution < -0.4 is 5.32 Å². The van der Waals surface area contributed by atoms with Crippen LogP contribution in [0.15, 0.2) is 42.7 Å². The third kappa shape index (κ3) is 2.80. The van der Waals surface area contributed by atoms with Crippen LogP contribution in [-0.2, 0) is 16.9 Å². The summed E-state index contributed by atoms with van der Waals surface area (Å²) < 4.78 is 13.7. The highest BCUT2D eigenvalue weighted by molar-refractivity contribution is 6.07. The van der Waals surface area contributed by atoms with Crippen LogP contribution >= 0.6 is 0 Å². The highest BCUT2D eigenvalue weighted by Gasteiger charge is 2.49. The number of nitro benzene ring substituents is 1. The van der Waals surface area contributed by atoms with Crippen LogP contribution in [0.1, 0.15) is 18.1 Å². The average molecular weight is 344 g/mol. The van der Waals surface area contributed by atoms with Crippen LogP contribution in [0.5, 0.6) is 0 Å². The molecule has 1 aromatic carbocycles. The molecule has 0 saturated carbocycles. The van der Waals surface area contributed by atoms with Gasteiger partial charge in [-0.25, -0.2) is 4.79 Å². The van der Waals surface area contributed by atoms with E-state index in [0.29, 0.717) is 5.56 Å². The van der Waals surface area contributed by atoms with Gasteiger partial charge in [-0.3, -0.25) is 24.8 Å². The van der Waals surface area contributed by atoms with Crippen LogP contribution in [0.25, 0.3) is 0 Å². The molecule has 0 unspecified atom stereocenters. The summed E-state index contributed by atoms with van der Waals surface area (Å²) in [5, 5.41) is 13.3. The molecule has 0 bridgehead atoms. The fourth-order valence-corrected chi connectivity index (χ4v) is 2.67. The molecule has 1 aliphatic heterocycles. The Kier molecular flexibility index (Phi) is 3.91. The fraction of sp³-hybridized carbons (Fsp3) is 0.188. The maximum absolute atomic E-state index is 13.7. The molecule has 25 heavy (non-hydrogen) atoms. The van der Waals surface area contributed by atoms with Crippen molar-refractivity contribution in [3.63, 3.8) is 0 Å². The largest absolute Gasteiger partial charge is 0.325 e. The van der Waals surface area contributed by atoms with Crippen molar-refractivity contribution in [1.82, 2.24) is 15.2 Å². The van der Waals surface area contributed by atoms with E-state index in [9.17, 15) is 24.1 Å². The summed E-state index contributed by atoms with van der Waals surface area (Å²) in [7, 11) is 0. The molecule has 1 aromatic heterocycles. The molecule has 9 heteroatoms. The average Bonchev–Trinajstić information content (AvgIpc) is 2.80. The Morgan fingerprint density at radius 2 is 2.12 bits per heavy atom. The van der Waals surface area contributed by atoms with Crippen LogP contribution in [-0.4, -0.2) is 26.7 Å². The highest BCUT2D eigenvalue weighted by Crippen LogP contribution is 2.29. The summed E-state index contributed by atoms with van der Waals surface area (Å²) in [6.07, 6.45) is 3.03. The molecule has 2 heterocycles. The quantitative estimate of drug-likeness (QED) is 0.519. The number of nitro groups is 1. The minimum Gasteiger partial charge on any atom is -0.319 e. The number of nitrogens with one attached hydrogen (secondary N) is 1. The first-order chi connectivity index (χ1) is 11.8. The zero-order valence-corrected chi connectivity index (χ0v) is 13.1. The summed E-state index contributed by atoms with van der Waals surface area (Å²) in [4.78, 5) is 39.6. The van der Waals surface area contributed by atoms with Gasteiger partial charge < -0.3 is 5.32 Å². The van der Waals surface area contributed by atoms with Gasteiger partial charge in [0.2, 0.25) is 5.82 Å². The lowest BCUT2D eigenvalue weighted by Gasteiger charge is -2.21. The minimum absolute atomic E-state index is 0.199. The topological polar surface area (TPSA) is 105 Å². The van der Waals surface area contributed by atoms with Gasteiger partial charge in [-0.15, -0.1) is 0 Å². The molecule has 0 radical (unpaired) electrons. The lowest BCUT2D eigenvalue weighted by molar-refractivity contribution is -0.387. The number of pyridine rings is 1. The zero-order valence-electron chi connectivity index (χ0n) is 13.1. The van der Waals surface area contributed by atoms with Crippen molar-refractivity contribution in [3.05, 3.63) is 69.8 Å². The van der Waals surface area contributed by atoms with E-state index < -0.39 is 33.9 Å². The van der Waals surface area contributed by atoms with Crippen molar-refractivity contribution < 1.29 is 18.9 Å². The second-order valence-electron chi connectivity index (χ2n) is 5.73. The first kappa shape index (κ1) is 16.5. The van der Waals surface area contributed by atoms with Gasteiger partial charge in [0.15, 0.2) is 0 Å². The van der Waals surface area contributed by atoms with Crippen molar-refractivity contribution in [2.45, 2.75) is 19.0 Å². The molecule has 128 valence electrons. The molecular weight excluding hydrogens is 331 g/mol. The van der Waals surface area contributed by atoms with E-state index in [1.165, 1.54) is 12.3 Å². The number of carbonyl (C=O) groups is 2. The molecule has 3 amide bonds. The van der Waals surface area contributed by atoms with Crippen LogP contribution in [0, 0.1) is 15.9 Å². The molecule has 0 aliphatic carbocycles. The van der Waals surface area contributed by atoms with Gasteiger partial charge in [-0.1, -0.05) is 12.1 Å². The van der Waals surface area contributed by atoms with Gasteiger partial charge >= 0.3 is 11.7 Å². The minimum atomic E-state index is -1.27. The number of nitrogens with zero attached hydrogens (tertiary/aromatic N) is 3. The van der Waals surface area contributed by atoms with E-state index in [-0.39, 0.29) is 12.1 Å². The van der Waals surface area contributed by atoms with Crippen LogP contribution in [0.3, 0.4) is 0 Å². The summed E-state index contributed by atoms with van der Waals surface area (Å²) in [5.41, 5.74) is -1.15. The number of amides is 3. The summed E-state index contributed by atoms with van der Waals surface area (Å²) in [6, 6.07) is 5.94. The zero-order chi connectivity index (χ0) is 18.2. The number of hydrogen-bond acceptors (Lipinski definition) is 5. The Balaban J connectivity index is 1.87. The molecule has 2 aromatic rings. The van der Waals surface area contributed by atoms with E-state index in [4.69, 9.17) is 0 Å². The maximum Gasteiger partial charge on any atom is 0.325 e. The number of aromatic nitrogens is 1. The van der Waals surface area contributed by atoms with E-state index in [2.05, 4.69) is 10.3 Å². The first-order valence-corrected chi connectivity index (χ1v) is 7.30. The Morgan fingerprint density at radius 1 is 1.36 bits per heavy atom. The van der Waals surface area contributed by atoms with Gasteiger partial charge in [0.25, 0.3) is 5.91 Å². The fourth-order valence-electron chi connectivity index (χ4n) is 2.67. The summed E-state index contributed by atoms with van der Waals surface area (Å²) >= 11 is 0. The summed E-state index contributed by atoms with van der Waals surface area (Å²) in [6.45, 7) is 1.36. The number of benzene rings is 1. The molecule has 1 N–H and O–H groups in total. The van der Waals surface area contributed by atoms with Crippen LogP contribution in [0.4, 0.5) is 14.9 Å². The lowest BCUT2D eigenvalue weighted by Crippen LogP contribution is -2.40. The number of imide groups is 1. The Bertz CT molecular complexity index is 874. The monoisotopic (exact) mass is 344 g/mol. The molecule has 0 spiro atoms. The first-order valence-electron chi connectivity index (χ1n) is 7.30. The van der Waals surface area contributed by atoms with Crippen LogP contribution in [0.2, 0.25) is 0 Å². The lowest BCUT2D eigenvalue weighted by atomic mass is 9.93. The predicted molar refractivity (Wildman–Crippen MR) is 83.7 cm³/mol. The standard InChI is InChI=1S/C16H13FN4O4/c1-16(11-3-2-6-18-8-11)14(22)20(15(23)19-16)9-10-4-5-13(21(24)25)12(17)7-10/h2-8H,9H2,1H3,(H,19,23)/t16-/m1/s1. The molecule has 1 fully saturated rings. The molecule has 1 aliphatic rings. The molecule has 8 nitrogen and oxygen atoms in total. The van der Waals surface area contributed by atoms with E-state index in [1.807, 2.05) is 0 Å². The smallest absolute Gasteiger partial charge is 0.319 e. The number of rotatable bonds is 4. The molecule has 1 atom stereocenters. The Morgan fingerprint density at radius 3 is 2.72 bits per heavy atom. The maximum atomic E-state index is 13.7. The number of halogens is 1. The predicted octanol–water partition coefficient (Wildman–Crippen LogP) is 2.10. The van der Waals surface area contributed by atoms with Crippen molar-refractivity contribution in [2.24, 2.45) is 0 Å². The third-order valence-electron chi connectivity index (χ3n) is 4.06. The van der Waals surface area contributed by atoms with E-state index >= 15 is 0 Å². The van der Waals surface area contributed by atoms with E-state index in [1.54, 1.807) is 25.3 Å². The number of carbonyl (C=O) groups excluding carboxylic acids is 2. The van der Waals surface area contributed by atoms with Gasteiger partial charge in [0.1, 0.15) is 5.54 Å². The second kappa shape index (κ2) is 5.93. The molecule has 1 saturated heterocycles. The van der Waals surface area contributed by atoms with Gasteiger partial charge in [0, 0.05) is 24.0 Å². The second-order valence-corrected chi connectivity index (χ2v) is 5.73. The molecular formula is C16H13FN4O4. The van der Waals surface area contributed by atoms with Crippen molar-refractivity contribution >= 4 is 17.6 Å². The third-order valence-corrected chi connectivity index (χ3v) is 4.06. The van der Waals surface area contributed by atoms with Crippen molar-refractivity contribution in [3.8, 4) is 0 Å². The normalized spacial score (nSPS) is 19.8. The van der Waals surface area contributed by atoms with Gasteiger partial charge in [-0.2, -0.15) is 4.39 Å². The van der Waals surface area contributed by atoms with Gasteiger partial charge in [-0.05, 0) is 24.6 Å². The van der Waals surface area contributed by atoms with Crippen molar-refractivity contribution in [1.29, 1.82) is 0 Å². The Hall–Kier alpha value is -3.36. The highest BCUT2D eigenvalue weighted by atomic mass is 19.1. The summed E-state index contributed by atoms with van der Waals surface area (Å²) in [5.74, 6) is -1.53. The van der Waals surface area contributed by atoms with Crippen molar-refractivity contribution in [2.75, 3.05) is 0 Å². The van der Waals surface area contributed by atoms with E-state index in [0.717, 1.165) is 17.0 Å². The molecule has 3 rings (SSSR count). The SMILES string of the molecule is C[C@]1(c2cccnc2)NC(=O)N(Cc2ccc([N+](=O)[O-])c(F)c2)C1=O.